The van der Waals surface area contributed by atoms with Crippen LogP contribution in [0.4, 0.5) is 5.69 Å². The number of hydrogen-bond acceptors (Lipinski definition) is 4. The predicted molar refractivity (Wildman–Crippen MR) is 66.9 cm³/mol. The molecule has 4 nitrogen and oxygen atoms in total. The molecule has 88 valence electrons. The first kappa shape index (κ1) is 11.4. The lowest BCUT2D eigenvalue weighted by Crippen LogP contribution is -2.04. The SMILES string of the molecule is Cc1ccc(O)c(CNc2cnccc2C)n1. The molecule has 4 heteroatoms. The fourth-order valence-corrected chi connectivity index (χ4v) is 1.56. The summed E-state index contributed by atoms with van der Waals surface area (Å²) in [4.78, 5) is 8.34. The van der Waals surface area contributed by atoms with E-state index in [0.717, 1.165) is 16.9 Å². The van der Waals surface area contributed by atoms with Crippen LogP contribution in [0.25, 0.3) is 0 Å². The van der Waals surface area contributed by atoms with Crippen molar-refractivity contribution >= 4 is 5.69 Å². The Hall–Kier alpha value is -2.10. The zero-order valence-electron chi connectivity index (χ0n) is 9.94. The van der Waals surface area contributed by atoms with Gasteiger partial charge in [-0.15, -0.1) is 0 Å². The highest BCUT2D eigenvalue weighted by Gasteiger charge is 2.04. The van der Waals surface area contributed by atoms with Crippen molar-refractivity contribution in [3.05, 3.63) is 47.5 Å². The lowest BCUT2D eigenvalue weighted by Gasteiger charge is -2.09. The van der Waals surface area contributed by atoms with Gasteiger partial charge in [0.1, 0.15) is 11.4 Å². The number of anilines is 1. The van der Waals surface area contributed by atoms with Crippen LogP contribution in [0, 0.1) is 13.8 Å². The van der Waals surface area contributed by atoms with Gasteiger partial charge in [-0.1, -0.05) is 0 Å². The van der Waals surface area contributed by atoms with Crippen LogP contribution in [0.15, 0.2) is 30.6 Å². The van der Waals surface area contributed by atoms with Crippen molar-refractivity contribution in [3.8, 4) is 5.75 Å². The normalized spacial score (nSPS) is 10.2. The van der Waals surface area contributed by atoms with Gasteiger partial charge in [-0.25, -0.2) is 0 Å². The smallest absolute Gasteiger partial charge is 0.138 e. The number of aromatic hydroxyl groups is 1. The topological polar surface area (TPSA) is 58.0 Å². The number of aryl methyl sites for hydroxylation is 2. The van der Waals surface area contributed by atoms with Gasteiger partial charge in [-0.3, -0.25) is 9.97 Å². The Morgan fingerprint density at radius 3 is 2.82 bits per heavy atom. The fraction of sp³-hybridized carbons (Fsp3) is 0.231. The highest BCUT2D eigenvalue weighted by molar-refractivity contribution is 5.48. The maximum atomic E-state index is 9.66. The van der Waals surface area contributed by atoms with Gasteiger partial charge in [0.2, 0.25) is 0 Å². The van der Waals surface area contributed by atoms with Gasteiger partial charge in [0.05, 0.1) is 18.4 Å². The molecule has 2 N–H and O–H groups in total. The molecule has 2 aromatic rings. The number of nitrogens with one attached hydrogen (secondary N) is 1. The van der Waals surface area contributed by atoms with Crippen LogP contribution < -0.4 is 5.32 Å². The van der Waals surface area contributed by atoms with Crippen LogP contribution in [0.2, 0.25) is 0 Å². The minimum absolute atomic E-state index is 0.213. The average Bonchev–Trinajstić information content (AvgIpc) is 2.32. The van der Waals surface area contributed by atoms with E-state index >= 15 is 0 Å². The summed E-state index contributed by atoms with van der Waals surface area (Å²) in [5.41, 5.74) is 3.61. The van der Waals surface area contributed by atoms with Crippen molar-refractivity contribution in [2.75, 3.05) is 5.32 Å². The van der Waals surface area contributed by atoms with Crippen molar-refractivity contribution in [1.29, 1.82) is 0 Å². The molecule has 0 aromatic carbocycles. The molecule has 0 saturated carbocycles. The monoisotopic (exact) mass is 229 g/mol. The van der Waals surface area contributed by atoms with Gasteiger partial charge in [0.15, 0.2) is 0 Å². The number of hydrogen-bond donors (Lipinski definition) is 2. The Bertz CT molecular complexity index is 526. The molecule has 0 bridgehead atoms. The Labute approximate surface area is 100 Å². The number of aromatic nitrogens is 2. The van der Waals surface area contributed by atoms with Crippen molar-refractivity contribution < 1.29 is 5.11 Å². The van der Waals surface area contributed by atoms with E-state index in [-0.39, 0.29) is 5.75 Å². The first-order valence-corrected chi connectivity index (χ1v) is 5.47. The van der Waals surface area contributed by atoms with Crippen LogP contribution in [0.3, 0.4) is 0 Å². The molecule has 2 aromatic heterocycles. The molecule has 0 atom stereocenters. The molecule has 0 saturated heterocycles. The highest BCUT2D eigenvalue weighted by Crippen LogP contribution is 2.18. The lowest BCUT2D eigenvalue weighted by atomic mass is 10.2. The summed E-state index contributed by atoms with van der Waals surface area (Å²) in [7, 11) is 0. The summed E-state index contributed by atoms with van der Waals surface area (Å²) in [6, 6.07) is 5.38. The number of nitrogens with zero attached hydrogens (tertiary/aromatic N) is 2. The first-order chi connectivity index (χ1) is 8.16. The van der Waals surface area contributed by atoms with Crippen LogP contribution in [0.5, 0.6) is 5.75 Å². The second-order valence-corrected chi connectivity index (χ2v) is 3.96. The molecule has 17 heavy (non-hydrogen) atoms. The maximum absolute atomic E-state index is 9.66. The maximum Gasteiger partial charge on any atom is 0.138 e. The molecule has 0 fully saturated rings. The quantitative estimate of drug-likeness (QED) is 0.848. The van der Waals surface area contributed by atoms with Gasteiger partial charge < -0.3 is 10.4 Å². The van der Waals surface area contributed by atoms with E-state index in [1.54, 1.807) is 24.5 Å². The van der Waals surface area contributed by atoms with Crippen LogP contribution >= 0.6 is 0 Å². The minimum atomic E-state index is 0.213. The minimum Gasteiger partial charge on any atom is -0.506 e. The Balaban J connectivity index is 2.12. The third-order valence-electron chi connectivity index (χ3n) is 2.57. The third kappa shape index (κ3) is 2.72. The Morgan fingerprint density at radius 2 is 2.06 bits per heavy atom. The second-order valence-electron chi connectivity index (χ2n) is 3.96. The van der Waals surface area contributed by atoms with Gasteiger partial charge in [-0.05, 0) is 37.6 Å². The summed E-state index contributed by atoms with van der Waals surface area (Å²) in [6.45, 7) is 4.39. The molecule has 2 rings (SSSR count). The van der Waals surface area contributed by atoms with Crippen LogP contribution in [-0.4, -0.2) is 15.1 Å². The molecule has 0 amide bonds. The molecule has 0 radical (unpaired) electrons. The van der Waals surface area contributed by atoms with Crippen molar-refractivity contribution in [1.82, 2.24) is 9.97 Å². The zero-order valence-corrected chi connectivity index (χ0v) is 9.94. The largest absolute Gasteiger partial charge is 0.506 e. The summed E-state index contributed by atoms with van der Waals surface area (Å²) in [5.74, 6) is 0.213. The Morgan fingerprint density at radius 1 is 1.24 bits per heavy atom. The number of rotatable bonds is 3. The van der Waals surface area contributed by atoms with E-state index in [0.29, 0.717) is 12.2 Å². The van der Waals surface area contributed by atoms with Gasteiger partial charge in [0.25, 0.3) is 0 Å². The number of pyridine rings is 2. The van der Waals surface area contributed by atoms with E-state index in [1.165, 1.54) is 0 Å². The highest BCUT2D eigenvalue weighted by atomic mass is 16.3. The summed E-state index contributed by atoms with van der Waals surface area (Å²) in [6.07, 6.45) is 3.52. The van der Waals surface area contributed by atoms with E-state index in [4.69, 9.17) is 0 Å². The van der Waals surface area contributed by atoms with E-state index in [2.05, 4.69) is 15.3 Å². The van der Waals surface area contributed by atoms with Crippen LogP contribution in [0.1, 0.15) is 17.0 Å². The lowest BCUT2D eigenvalue weighted by molar-refractivity contribution is 0.464. The third-order valence-corrected chi connectivity index (χ3v) is 2.57. The van der Waals surface area contributed by atoms with E-state index in [1.807, 2.05) is 19.9 Å². The van der Waals surface area contributed by atoms with Gasteiger partial charge >= 0.3 is 0 Å². The molecular weight excluding hydrogens is 214 g/mol. The summed E-state index contributed by atoms with van der Waals surface area (Å²) in [5, 5.41) is 12.9. The molecule has 0 unspecified atom stereocenters. The summed E-state index contributed by atoms with van der Waals surface area (Å²) >= 11 is 0. The molecule has 0 spiro atoms. The van der Waals surface area contributed by atoms with Crippen molar-refractivity contribution in [3.63, 3.8) is 0 Å². The average molecular weight is 229 g/mol. The van der Waals surface area contributed by atoms with Crippen molar-refractivity contribution in [2.45, 2.75) is 20.4 Å². The van der Waals surface area contributed by atoms with Crippen LogP contribution in [-0.2, 0) is 6.54 Å². The molecular formula is C13H15N3O. The second kappa shape index (κ2) is 4.82. The fourth-order valence-electron chi connectivity index (χ4n) is 1.56. The molecule has 0 aliphatic heterocycles. The molecule has 0 aliphatic carbocycles. The zero-order chi connectivity index (χ0) is 12.3. The molecule has 0 aliphatic rings. The predicted octanol–water partition coefficient (Wildman–Crippen LogP) is 2.41. The first-order valence-electron chi connectivity index (χ1n) is 5.47. The van der Waals surface area contributed by atoms with Gasteiger partial charge in [-0.2, -0.15) is 0 Å². The Kier molecular flexibility index (Phi) is 3.23. The van der Waals surface area contributed by atoms with E-state index < -0.39 is 0 Å². The van der Waals surface area contributed by atoms with Crippen molar-refractivity contribution in [2.24, 2.45) is 0 Å². The van der Waals surface area contributed by atoms with E-state index in [9.17, 15) is 5.11 Å². The molecule has 2 heterocycles. The standard InChI is InChI=1S/C13H15N3O/c1-9-5-6-14-7-11(9)15-8-12-13(17)4-3-10(2)16-12/h3-7,15,17H,8H2,1-2H3. The van der Waals surface area contributed by atoms with Gasteiger partial charge in [0, 0.05) is 11.9 Å². The summed E-state index contributed by atoms with van der Waals surface area (Å²) < 4.78 is 0.